The average molecular weight is 473 g/mol. The van der Waals surface area contributed by atoms with Crippen molar-refractivity contribution in [1.82, 2.24) is 10.2 Å². The fourth-order valence-corrected chi connectivity index (χ4v) is 5.18. The average Bonchev–Trinajstić information content (AvgIpc) is 2.80. The summed E-state index contributed by atoms with van der Waals surface area (Å²) in [7, 11) is 0. The van der Waals surface area contributed by atoms with Gasteiger partial charge in [0.25, 0.3) is 0 Å². The summed E-state index contributed by atoms with van der Waals surface area (Å²) in [5.74, 6) is 1.00. The lowest BCUT2D eigenvalue weighted by molar-refractivity contribution is -0.138. The van der Waals surface area contributed by atoms with Crippen molar-refractivity contribution in [3.05, 3.63) is 70.7 Å². The number of halogens is 1. The number of hydrogen-bond acceptors (Lipinski definition) is 3. The molecule has 1 aliphatic carbocycles. The minimum absolute atomic E-state index is 0.000691. The maximum atomic E-state index is 13.2. The van der Waals surface area contributed by atoms with Gasteiger partial charge in [-0.3, -0.25) is 9.59 Å². The van der Waals surface area contributed by atoms with E-state index in [1.807, 2.05) is 49.4 Å². The Kier molecular flexibility index (Phi) is 9.94. The van der Waals surface area contributed by atoms with E-state index in [-0.39, 0.29) is 17.9 Å². The van der Waals surface area contributed by atoms with E-state index in [1.54, 1.807) is 16.7 Å². The minimum Gasteiger partial charge on any atom is -0.352 e. The zero-order chi connectivity index (χ0) is 22.8. The van der Waals surface area contributed by atoms with Gasteiger partial charge in [-0.05, 0) is 49.4 Å². The monoisotopic (exact) mass is 472 g/mol. The molecule has 6 heteroatoms. The van der Waals surface area contributed by atoms with Gasteiger partial charge in [-0.1, -0.05) is 73.3 Å². The zero-order valence-corrected chi connectivity index (χ0v) is 20.3. The maximum Gasteiger partial charge on any atom is 0.242 e. The molecule has 32 heavy (non-hydrogen) atoms. The van der Waals surface area contributed by atoms with Crippen molar-refractivity contribution in [3.8, 4) is 0 Å². The first-order valence-corrected chi connectivity index (χ1v) is 13.0. The van der Waals surface area contributed by atoms with Crippen LogP contribution < -0.4 is 5.32 Å². The van der Waals surface area contributed by atoms with Crippen LogP contribution in [0, 0.1) is 0 Å². The van der Waals surface area contributed by atoms with E-state index in [2.05, 4.69) is 17.4 Å². The molecule has 172 valence electrons. The highest BCUT2D eigenvalue weighted by Gasteiger charge is 2.27. The van der Waals surface area contributed by atoms with Gasteiger partial charge in [-0.25, -0.2) is 0 Å². The molecule has 2 amide bonds. The Hall–Kier alpha value is -1.98. The summed E-state index contributed by atoms with van der Waals surface area (Å²) >= 11 is 7.62. The Morgan fingerprint density at radius 3 is 2.50 bits per heavy atom. The van der Waals surface area contributed by atoms with Crippen molar-refractivity contribution in [2.24, 2.45) is 0 Å². The second-order valence-corrected chi connectivity index (χ2v) is 9.89. The third kappa shape index (κ3) is 7.86. The molecule has 2 aromatic carbocycles. The number of carbonyl (C=O) groups excluding carboxylic acids is 2. The van der Waals surface area contributed by atoms with Crippen LogP contribution in [0.1, 0.15) is 50.2 Å². The molecule has 0 spiro atoms. The van der Waals surface area contributed by atoms with Gasteiger partial charge in [0.15, 0.2) is 0 Å². The zero-order valence-electron chi connectivity index (χ0n) is 18.8. The molecule has 0 bridgehead atoms. The number of thioether (sulfide) groups is 1. The highest BCUT2D eigenvalue weighted by atomic mass is 35.5. The van der Waals surface area contributed by atoms with E-state index in [4.69, 9.17) is 11.6 Å². The van der Waals surface area contributed by atoms with Crippen molar-refractivity contribution in [2.75, 3.05) is 12.3 Å². The van der Waals surface area contributed by atoms with Crippen LogP contribution in [-0.2, 0) is 21.8 Å². The highest BCUT2D eigenvalue weighted by molar-refractivity contribution is 7.99. The number of amides is 2. The number of nitrogens with zero attached hydrogens (tertiary/aromatic N) is 1. The summed E-state index contributed by atoms with van der Waals surface area (Å²) in [5, 5.41) is 3.89. The standard InChI is InChI=1S/C26H33ClN2O2S/c1-20(26(31)28-24-13-6-3-7-14-24)29(16-15-21-9-4-2-5-10-21)25(30)19-32-18-22-11-8-12-23(27)17-22/h2,4-5,8-12,17,20,24H,3,6-7,13-16,18-19H2,1H3,(H,28,31)/t20-/m1/s1. The molecule has 0 aliphatic heterocycles. The van der Waals surface area contributed by atoms with Crippen molar-refractivity contribution in [2.45, 2.75) is 63.3 Å². The predicted molar refractivity (Wildman–Crippen MR) is 134 cm³/mol. The van der Waals surface area contributed by atoms with E-state index in [9.17, 15) is 9.59 Å². The Morgan fingerprint density at radius 2 is 1.78 bits per heavy atom. The van der Waals surface area contributed by atoms with Crippen LogP contribution >= 0.6 is 23.4 Å². The second kappa shape index (κ2) is 12.9. The third-order valence-electron chi connectivity index (χ3n) is 5.99. The molecule has 0 saturated heterocycles. The van der Waals surface area contributed by atoms with Crippen molar-refractivity contribution in [3.63, 3.8) is 0 Å². The Bertz CT molecular complexity index is 871. The molecule has 4 nitrogen and oxygen atoms in total. The van der Waals surface area contributed by atoms with Crippen LogP contribution in [0.4, 0.5) is 0 Å². The van der Waals surface area contributed by atoms with E-state index >= 15 is 0 Å². The minimum atomic E-state index is -0.486. The normalized spacial score (nSPS) is 15.2. The van der Waals surface area contributed by atoms with Crippen LogP contribution in [0.15, 0.2) is 54.6 Å². The summed E-state index contributed by atoms with van der Waals surface area (Å²) in [6.07, 6.45) is 6.37. The quantitative estimate of drug-likeness (QED) is 0.498. The number of rotatable bonds is 10. The molecule has 0 aromatic heterocycles. The van der Waals surface area contributed by atoms with Crippen LogP contribution in [0.2, 0.25) is 5.02 Å². The van der Waals surface area contributed by atoms with E-state index < -0.39 is 6.04 Å². The molecule has 0 unspecified atom stereocenters. The molecule has 1 N–H and O–H groups in total. The number of hydrogen-bond donors (Lipinski definition) is 1. The molecule has 1 aliphatic rings. The molecule has 3 rings (SSSR count). The third-order valence-corrected chi connectivity index (χ3v) is 7.21. The van der Waals surface area contributed by atoms with Crippen molar-refractivity contribution >= 4 is 35.2 Å². The molecule has 0 radical (unpaired) electrons. The predicted octanol–water partition coefficient (Wildman–Crippen LogP) is 5.48. The van der Waals surface area contributed by atoms with Crippen LogP contribution in [0.25, 0.3) is 0 Å². The maximum absolute atomic E-state index is 13.2. The topological polar surface area (TPSA) is 49.4 Å². The van der Waals surface area contributed by atoms with Crippen molar-refractivity contribution < 1.29 is 9.59 Å². The van der Waals surface area contributed by atoms with Gasteiger partial charge < -0.3 is 10.2 Å². The number of carbonyl (C=O) groups is 2. The first-order valence-electron chi connectivity index (χ1n) is 11.5. The molecule has 2 aromatic rings. The number of nitrogens with one attached hydrogen (secondary N) is 1. The summed E-state index contributed by atoms with van der Waals surface area (Å²) in [6.45, 7) is 2.38. The van der Waals surface area contributed by atoms with Gasteiger partial charge in [0.2, 0.25) is 11.8 Å². The second-order valence-electron chi connectivity index (χ2n) is 8.46. The molecule has 1 fully saturated rings. The highest BCUT2D eigenvalue weighted by Crippen LogP contribution is 2.19. The largest absolute Gasteiger partial charge is 0.352 e. The van der Waals surface area contributed by atoms with Gasteiger partial charge in [-0.15, -0.1) is 11.8 Å². The lowest BCUT2D eigenvalue weighted by atomic mass is 9.95. The molecule has 1 saturated carbocycles. The fourth-order valence-electron chi connectivity index (χ4n) is 4.10. The SMILES string of the molecule is C[C@H](C(=O)NC1CCCCC1)N(CCc1ccccc1)C(=O)CSCc1cccc(Cl)c1. The Morgan fingerprint density at radius 1 is 1.06 bits per heavy atom. The van der Waals surface area contributed by atoms with Gasteiger partial charge >= 0.3 is 0 Å². The Balaban J connectivity index is 1.60. The molecular formula is C26H33ClN2O2S. The van der Waals surface area contributed by atoms with E-state index in [1.165, 1.54) is 6.42 Å². The first kappa shape index (κ1) is 24.7. The van der Waals surface area contributed by atoms with E-state index in [0.717, 1.165) is 43.2 Å². The van der Waals surface area contributed by atoms with E-state index in [0.29, 0.717) is 23.1 Å². The van der Waals surface area contributed by atoms with Crippen LogP contribution in [-0.4, -0.2) is 41.1 Å². The van der Waals surface area contributed by atoms with Crippen molar-refractivity contribution in [1.29, 1.82) is 0 Å². The fraction of sp³-hybridized carbons (Fsp3) is 0.462. The number of benzene rings is 2. The summed E-state index contributed by atoms with van der Waals surface area (Å²) < 4.78 is 0. The Labute approximate surface area is 201 Å². The van der Waals surface area contributed by atoms with Crippen LogP contribution in [0.5, 0.6) is 0 Å². The smallest absolute Gasteiger partial charge is 0.242 e. The summed E-state index contributed by atoms with van der Waals surface area (Å²) in [5.41, 5.74) is 2.26. The molecular weight excluding hydrogens is 440 g/mol. The van der Waals surface area contributed by atoms with Gasteiger partial charge in [0, 0.05) is 23.4 Å². The molecule has 0 heterocycles. The lowest BCUT2D eigenvalue weighted by Crippen LogP contribution is -2.51. The lowest BCUT2D eigenvalue weighted by Gasteiger charge is -2.31. The van der Waals surface area contributed by atoms with Gasteiger partial charge in [0.05, 0.1) is 5.75 Å². The summed E-state index contributed by atoms with van der Waals surface area (Å²) in [6, 6.07) is 17.6. The van der Waals surface area contributed by atoms with Gasteiger partial charge in [-0.2, -0.15) is 0 Å². The molecule has 1 atom stereocenters. The first-order chi connectivity index (χ1) is 15.5. The van der Waals surface area contributed by atoms with Crippen LogP contribution in [0.3, 0.4) is 0 Å². The summed E-state index contributed by atoms with van der Waals surface area (Å²) in [4.78, 5) is 27.9. The van der Waals surface area contributed by atoms with Gasteiger partial charge in [0.1, 0.15) is 6.04 Å².